The van der Waals surface area contributed by atoms with Crippen molar-refractivity contribution in [3.8, 4) is 0 Å². The number of hydrogen-bond acceptors (Lipinski definition) is 4. The Morgan fingerprint density at radius 1 is 1.38 bits per heavy atom. The van der Waals surface area contributed by atoms with Gasteiger partial charge < -0.3 is 5.32 Å². The van der Waals surface area contributed by atoms with Gasteiger partial charge in [-0.3, -0.25) is 20.0 Å². The molecular formula is C12H10F2N4O3. The maximum atomic E-state index is 13.9. The number of nitro benzene ring substituents is 1. The smallest absolute Gasteiger partial charge is 0.308 e. The van der Waals surface area contributed by atoms with Crippen LogP contribution >= 0.6 is 0 Å². The predicted octanol–water partition coefficient (Wildman–Crippen LogP) is 2.47. The van der Waals surface area contributed by atoms with Crippen LogP contribution in [0.25, 0.3) is 0 Å². The number of hydrogen-bond donors (Lipinski definition) is 2. The zero-order valence-corrected chi connectivity index (χ0v) is 11.0. The van der Waals surface area contributed by atoms with Crippen molar-refractivity contribution >= 4 is 17.3 Å². The van der Waals surface area contributed by atoms with Crippen LogP contribution in [0.3, 0.4) is 0 Å². The van der Waals surface area contributed by atoms with E-state index in [1.54, 1.807) is 13.8 Å². The summed E-state index contributed by atoms with van der Waals surface area (Å²) in [5.74, 6) is -3.46. The number of carbonyl (C=O) groups is 1. The molecule has 110 valence electrons. The second-order valence-electron chi connectivity index (χ2n) is 4.31. The molecule has 7 nitrogen and oxygen atoms in total. The van der Waals surface area contributed by atoms with Crippen molar-refractivity contribution < 1.29 is 18.5 Å². The maximum absolute atomic E-state index is 13.9. The number of H-pyrrole nitrogens is 1. The molecule has 0 aliphatic rings. The summed E-state index contributed by atoms with van der Waals surface area (Å²) in [6.07, 6.45) is 0. The number of anilines is 1. The Balaban J connectivity index is 2.42. The number of carbonyl (C=O) groups excluding carboxylic acids is 1. The Bertz CT molecular complexity index is 723. The third-order valence-electron chi connectivity index (χ3n) is 2.83. The van der Waals surface area contributed by atoms with E-state index in [-0.39, 0.29) is 0 Å². The highest BCUT2D eigenvalue weighted by molar-refractivity contribution is 6.05. The summed E-state index contributed by atoms with van der Waals surface area (Å²) in [5, 5.41) is 19.4. The van der Waals surface area contributed by atoms with E-state index in [1.165, 1.54) is 0 Å². The Hall–Kier alpha value is -2.84. The molecule has 1 heterocycles. The van der Waals surface area contributed by atoms with Crippen LogP contribution in [0.1, 0.15) is 21.7 Å². The van der Waals surface area contributed by atoms with Crippen LogP contribution < -0.4 is 5.32 Å². The van der Waals surface area contributed by atoms with E-state index in [1.807, 2.05) is 0 Å². The second-order valence-corrected chi connectivity index (χ2v) is 4.31. The zero-order valence-electron chi connectivity index (χ0n) is 11.0. The van der Waals surface area contributed by atoms with Crippen LogP contribution in [0, 0.1) is 35.6 Å². The molecule has 2 N–H and O–H groups in total. The van der Waals surface area contributed by atoms with Crippen LogP contribution in [0.4, 0.5) is 20.2 Å². The molecule has 0 unspecified atom stereocenters. The second kappa shape index (κ2) is 5.27. The lowest BCUT2D eigenvalue weighted by atomic mass is 10.1. The molecule has 1 amide bonds. The number of aryl methyl sites for hydroxylation is 2. The highest BCUT2D eigenvalue weighted by atomic mass is 19.1. The van der Waals surface area contributed by atoms with Crippen molar-refractivity contribution in [2.45, 2.75) is 13.8 Å². The average Bonchev–Trinajstić information content (AvgIpc) is 2.72. The van der Waals surface area contributed by atoms with Crippen molar-refractivity contribution in [1.82, 2.24) is 10.2 Å². The number of nitro groups is 1. The number of halogens is 2. The quantitative estimate of drug-likeness (QED) is 0.671. The standard InChI is InChI=1S/C12H10F2N4O3/c1-5-11(6(2)17-16-5)15-12(19)8-3-7(13)4-9(10(8)14)18(20)21/h3-4H,1-2H3,(H,15,19)(H,16,17). The summed E-state index contributed by atoms with van der Waals surface area (Å²) in [6, 6.07) is 1.02. The van der Waals surface area contributed by atoms with E-state index < -0.39 is 33.7 Å². The molecule has 0 aliphatic carbocycles. The van der Waals surface area contributed by atoms with Gasteiger partial charge in [0.15, 0.2) is 0 Å². The average molecular weight is 296 g/mol. The van der Waals surface area contributed by atoms with E-state index in [9.17, 15) is 23.7 Å². The maximum Gasteiger partial charge on any atom is 0.308 e. The van der Waals surface area contributed by atoms with Gasteiger partial charge in [-0.1, -0.05) is 0 Å². The molecule has 0 radical (unpaired) electrons. The molecule has 21 heavy (non-hydrogen) atoms. The molecule has 0 fully saturated rings. The van der Waals surface area contributed by atoms with Gasteiger partial charge in [0.1, 0.15) is 5.82 Å². The molecule has 9 heteroatoms. The van der Waals surface area contributed by atoms with Gasteiger partial charge in [-0.15, -0.1) is 0 Å². The van der Waals surface area contributed by atoms with E-state index in [4.69, 9.17) is 0 Å². The number of aromatic amines is 1. The minimum atomic E-state index is -1.39. The van der Waals surface area contributed by atoms with Gasteiger partial charge in [0.2, 0.25) is 5.82 Å². The summed E-state index contributed by atoms with van der Waals surface area (Å²) in [4.78, 5) is 21.5. The van der Waals surface area contributed by atoms with Crippen molar-refractivity contribution in [2.75, 3.05) is 5.32 Å². The fourth-order valence-electron chi connectivity index (χ4n) is 1.79. The lowest BCUT2D eigenvalue weighted by molar-refractivity contribution is -0.387. The van der Waals surface area contributed by atoms with Crippen molar-refractivity contribution in [3.63, 3.8) is 0 Å². The molecule has 2 rings (SSSR count). The molecule has 0 saturated heterocycles. The molecule has 0 saturated carbocycles. The van der Waals surface area contributed by atoms with Gasteiger partial charge in [-0.05, 0) is 19.9 Å². The number of nitrogens with zero attached hydrogens (tertiary/aromatic N) is 2. The van der Waals surface area contributed by atoms with Crippen molar-refractivity contribution in [2.24, 2.45) is 0 Å². The molecule has 0 aliphatic heterocycles. The Morgan fingerprint density at radius 3 is 2.57 bits per heavy atom. The number of rotatable bonds is 3. The number of benzene rings is 1. The summed E-state index contributed by atoms with van der Waals surface area (Å²) in [7, 11) is 0. The van der Waals surface area contributed by atoms with Gasteiger partial charge >= 0.3 is 5.69 Å². The first-order chi connectivity index (χ1) is 9.81. The van der Waals surface area contributed by atoms with Crippen LogP contribution in [0.15, 0.2) is 12.1 Å². The Kier molecular flexibility index (Phi) is 3.66. The minimum absolute atomic E-state index is 0.311. The summed E-state index contributed by atoms with van der Waals surface area (Å²) < 4.78 is 27.2. The van der Waals surface area contributed by atoms with Crippen LogP contribution in [-0.2, 0) is 0 Å². The number of amides is 1. The van der Waals surface area contributed by atoms with Crippen LogP contribution in [0.5, 0.6) is 0 Å². The zero-order chi connectivity index (χ0) is 15.7. The number of aromatic nitrogens is 2. The molecule has 0 atom stereocenters. The van der Waals surface area contributed by atoms with Crippen LogP contribution in [-0.4, -0.2) is 21.0 Å². The summed E-state index contributed by atoms with van der Waals surface area (Å²) in [5.41, 5.74) is -0.562. The monoisotopic (exact) mass is 296 g/mol. The predicted molar refractivity (Wildman–Crippen MR) is 69.0 cm³/mol. The largest absolute Gasteiger partial charge is 0.319 e. The molecule has 0 spiro atoms. The van der Waals surface area contributed by atoms with E-state index in [0.29, 0.717) is 29.2 Å². The van der Waals surface area contributed by atoms with Gasteiger partial charge in [-0.25, -0.2) is 4.39 Å². The first-order valence-corrected chi connectivity index (χ1v) is 5.77. The number of nitrogens with one attached hydrogen (secondary N) is 2. The first kappa shape index (κ1) is 14.6. The fourth-order valence-corrected chi connectivity index (χ4v) is 1.79. The fraction of sp³-hybridized carbons (Fsp3) is 0.167. The summed E-state index contributed by atoms with van der Waals surface area (Å²) >= 11 is 0. The SMILES string of the molecule is Cc1n[nH]c(C)c1NC(=O)c1cc(F)cc([N+](=O)[O-])c1F. The van der Waals surface area contributed by atoms with Gasteiger partial charge in [-0.2, -0.15) is 9.49 Å². The van der Waals surface area contributed by atoms with Crippen LogP contribution in [0.2, 0.25) is 0 Å². The lowest BCUT2D eigenvalue weighted by Gasteiger charge is -2.06. The van der Waals surface area contributed by atoms with E-state index >= 15 is 0 Å². The third kappa shape index (κ3) is 2.71. The highest BCUT2D eigenvalue weighted by Gasteiger charge is 2.25. The Labute approximate surface area is 117 Å². The van der Waals surface area contributed by atoms with Gasteiger partial charge in [0.05, 0.1) is 33.6 Å². The molecule has 1 aromatic heterocycles. The van der Waals surface area contributed by atoms with E-state index in [2.05, 4.69) is 15.5 Å². The highest BCUT2D eigenvalue weighted by Crippen LogP contribution is 2.24. The molecule has 0 bridgehead atoms. The molecule has 2 aromatic rings. The third-order valence-corrected chi connectivity index (χ3v) is 2.83. The minimum Gasteiger partial charge on any atom is -0.319 e. The van der Waals surface area contributed by atoms with E-state index in [0.717, 1.165) is 0 Å². The topological polar surface area (TPSA) is 101 Å². The van der Waals surface area contributed by atoms with Gasteiger partial charge in [0.25, 0.3) is 5.91 Å². The molecular weight excluding hydrogens is 286 g/mol. The molecule has 1 aromatic carbocycles. The van der Waals surface area contributed by atoms with Crippen molar-refractivity contribution in [1.29, 1.82) is 0 Å². The lowest BCUT2D eigenvalue weighted by Crippen LogP contribution is -2.16. The van der Waals surface area contributed by atoms with Gasteiger partial charge in [0, 0.05) is 0 Å². The Morgan fingerprint density at radius 2 is 2.05 bits per heavy atom. The van der Waals surface area contributed by atoms with Crippen molar-refractivity contribution in [3.05, 3.63) is 50.8 Å². The first-order valence-electron chi connectivity index (χ1n) is 5.77. The summed E-state index contributed by atoms with van der Waals surface area (Å²) in [6.45, 7) is 3.23. The normalized spacial score (nSPS) is 10.5.